The molecule has 1 saturated carbocycles. The zero-order valence-electron chi connectivity index (χ0n) is 4.86. The fraction of sp³-hybridized carbons (Fsp3) is 1.00. The maximum absolute atomic E-state index is 8.55. The summed E-state index contributed by atoms with van der Waals surface area (Å²) in [6.07, 6.45) is -2.25. The molecule has 4 nitrogen and oxygen atoms in total. The molecule has 0 aromatic heterocycles. The summed E-state index contributed by atoms with van der Waals surface area (Å²) in [6.45, 7) is 0. The number of rotatable bonds is 2. The smallest absolute Gasteiger partial charge is 0.161 e. The molecule has 1 aliphatic rings. The zero-order valence-corrected chi connectivity index (χ0v) is 4.86. The van der Waals surface area contributed by atoms with Crippen LogP contribution in [0.2, 0.25) is 0 Å². The van der Waals surface area contributed by atoms with Crippen molar-refractivity contribution in [1.29, 1.82) is 0 Å². The Balaban J connectivity index is 2.52. The van der Waals surface area contributed by atoms with E-state index >= 15 is 0 Å². The largest absolute Gasteiger partial charge is 0.367 e. The summed E-state index contributed by atoms with van der Waals surface area (Å²) >= 11 is 0. The summed E-state index contributed by atoms with van der Waals surface area (Å²) in [5.41, 5.74) is -1.03. The Morgan fingerprint density at radius 1 is 0.889 bits per heavy atom. The van der Waals surface area contributed by atoms with Gasteiger partial charge in [-0.05, 0) is 12.8 Å². The molecule has 0 atom stereocenters. The van der Waals surface area contributed by atoms with Gasteiger partial charge in [0.1, 0.15) is 0 Å². The maximum Gasteiger partial charge on any atom is 0.161 e. The molecule has 54 valence electrons. The summed E-state index contributed by atoms with van der Waals surface area (Å²) < 4.78 is 0. The molecule has 0 spiro atoms. The standard InChI is InChI=1S/C5H10O4/c6-3(7)5(1-2-5)4(8)9/h3-4,6-9H,1-2H2. The van der Waals surface area contributed by atoms with Crippen LogP contribution in [0.4, 0.5) is 0 Å². The van der Waals surface area contributed by atoms with Crippen LogP contribution in [0.1, 0.15) is 12.8 Å². The van der Waals surface area contributed by atoms with Gasteiger partial charge in [0.05, 0.1) is 5.41 Å². The lowest BCUT2D eigenvalue weighted by atomic mass is 10.1. The molecule has 1 fully saturated rings. The Morgan fingerprint density at radius 2 is 1.22 bits per heavy atom. The normalized spacial score (nSPS) is 23.3. The summed E-state index contributed by atoms with van der Waals surface area (Å²) in [5, 5.41) is 34.2. The Hall–Kier alpha value is -0.160. The third kappa shape index (κ3) is 0.943. The summed E-state index contributed by atoms with van der Waals surface area (Å²) in [4.78, 5) is 0. The van der Waals surface area contributed by atoms with Gasteiger partial charge < -0.3 is 20.4 Å². The third-order valence-electron chi connectivity index (χ3n) is 1.86. The van der Waals surface area contributed by atoms with Gasteiger partial charge in [-0.1, -0.05) is 0 Å². The Bertz CT molecular complexity index is 95.5. The highest BCUT2D eigenvalue weighted by Crippen LogP contribution is 2.50. The first-order valence-electron chi connectivity index (χ1n) is 2.82. The van der Waals surface area contributed by atoms with Crippen LogP contribution in [-0.2, 0) is 0 Å². The fourth-order valence-electron chi connectivity index (χ4n) is 0.794. The van der Waals surface area contributed by atoms with Gasteiger partial charge in [-0.15, -0.1) is 0 Å². The van der Waals surface area contributed by atoms with Crippen molar-refractivity contribution in [2.75, 3.05) is 0 Å². The van der Waals surface area contributed by atoms with Gasteiger partial charge in [-0.3, -0.25) is 0 Å². The molecule has 4 heteroatoms. The lowest BCUT2D eigenvalue weighted by Crippen LogP contribution is -2.33. The first-order chi connectivity index (χ1) is 4.09. The van der Waals surface area contributed by atoms with Crippen LogP contribution in [0.5, 0.6) is 0 Å². The average Bonchev–Trinajstić information content (AvgIpc) is 2.40. The second kappa shape index (κ2) is 1.91. The fourth-order valence-corrected chi connectivity index (χ4v) is 0.794. The molecule has 0 amide bonds. The number of aliphatic hydroxyl groups excluding tert-OH is 2. The quantitative estimate of drug-likeness (QED) is 0.342. The van der Waals surface area contributed by atoms with Gasteiger partial charge in [-0.2, -0.15) is 0 Å². The molecule has 4 N–H and O–H groups in total. The molecule has 0 unspecified atom stereocenters. The van der Waals surface area contributed by atoms with Crippen LogP contribution in [0, 0.1) is 5.41 Å². The maximum atomic E-state index is 8.55. The molecule has 0 heterocycles. The molecule has 0 aromatic rings. The molecule has 0 aromatic carbocycles. The van der Waals surface area contributed by atoms with Gasteiger partial charge >= 0.3 is 0 Å². The van der Waals surface area contributed by atoms with Crippen molar-refractivity contribution in [3.05, 3.63) is 0 Å². The number of hydrogen-bond acceptors (Lipinski definition) is 4. The van der Waals surface area contributed by atoms with Crippen molar-refractivity contribution in [1.82, 2.24) is 0 Å². The molecule has 1 rings (SSSR count). The molecule has 0 saturated heterocycles. The van der Waals surface area contributed by atoms with Crippen molar-refractivity contribution in [2.45, 2.75) is 25.4 Å². The minimum atomic E-state index is -1.60. The van der Waals surface area contributed by atoms with Crippen LogP contribution in [0.15, 0.2) is 0 Å². The summed E-state index contributed by atoms with van der Waals surface area (Å²) in [7, 11) is 0. The number of aliphatic hydroxyl groups is 4. The van der Waals surface area contributed by atoms with E-state index in [4.69, 9.17) is 20.4 Å². The van der Waals surface area contributed by atoms with Crippen molar-refractivity contribution >= 4 is 0 Å². The van der Waals surface area contributed by atoms with Crippen LogP contribution in [-0.4, -0.2) is 33.0 Å². The lowest BCUT2D eigenvalue weighted by Gasteiger charge is -2.18. The highest BCUT2D eigenvalue weighted by molar-refractivity contribution is 4.96. The van der Waals surface area contributed by atoms with Crippen molar-refractivity contribution in [3.63, 3.8) is 0 Å². The highest BCUT2D eigenvalue weighted by Gasteiger charge is 2.54. The van der Waals surface area contributed by atoms with Gasteiger partial charge in [-0.25, -0.2) is 0 Å². The van der Waals surface area contributed by atoms with E-state index in [2.05, 4.69) is 0 Å². The summed E-state index contributed by atoms with van der Waals surface area (Å²) in [5.74, 6) is 0. The minimum Gasteiger partial charge on any atom is -0.367 e. The Morgan fingerprint density at radius 3 is 1.22 bits per heavy atom. The Labute approximate surface area is 52.4 Å². The lowest BCUT2D eigenvalue weighted by molar-refractivity contribution is -0.192. The molecule has 0 aliphatic heterocycles. The predicted octanol–water partition coefficient (Wildman–Crippen LogP) is -1.61. The second-order valence-electron chi connectivity index (χ2n) is 2.48. The molecule has 0 bridgehead atoms. The third-order valence-corrected chi connectivity index (χ3v) is 1.86. The van der Waals surface area contributed by atoms with Crippen LogP contribution in [0.25, 0.3) is 0 Å². The molecular formula is C5H10O4. The van der Waals surface area contributed by atoms with E-state index in [9.17, 15) is 0 Å². The zero-order chi connectivity index (χ0) is 7.07. The highest BCUT2D eigenvalue weighted by atomic mass is 16.5. The van der Waals surface area contributed by atoms with E-state index in [0.717, 1.165) is 0 Å². The van der Waals surface area contributed by atoms with E-state index in [1.807, 2.05) is 0 Å². The van der Waals surface area contributed by atoms with Crippen molar-refractivity contribution in [3.8, 4) is 0 Å². The van der Waals surface area contributed by atoms with Gasteiger partial charge in [0.15, 0.2) is 12.6 Å². The number of hydrogen-bond donors (Lipinski definition) is 4. The minimum absolute atomic E-state index is 0.475. The van der Waals surface area contributed by atoms with Gasteiger partial charge in [0.2, 0.25) is 0 Å². The van der Waals surface area contributed by atoms with E-state index in [1.165, 1.54) is 0 Å². The molecule has 0 radical (unpaired) electrons. The average molecular weight is 134 g/mol. The van der Waals surface area contributed by atoms with E-state index in [1.54, 1.807) is 0 Å². The first kappa shape index (κ1) is 6.95. The van der Waals surface area contributed by atoms with Gasteiger partial charge in [0, 0.05) is 0 Å². The molecule has 9 heavy (non-hydrogen) atoms. The Kier molecular flexibility index (Phi) is 1.48. The second-order valence-corrected chi connectivity index (χ2v) is 2.48. The van der Waals surface area contributed by atoms with Crippen LogP contribution >= 0.6 is 0 Å². The summed E-state index contributed by atoms with van der Waals surface area (Å²) in [6, 6.07) is 0. The van der Waals surface area contributed by atoms with Crippen molar-refractivity contribution < 1.29 is 20.4 Å². The van der Waals surface area contributed by atoms with E-state index < -0.39 is 18.0 Å². The van der Waals surface area contributed by atoms with Gasteiger partial charge in [0.25, 0.3) is 0 Å². The van der Waals surface area contributed by atoms with Crippen molar-refractivity contribution in [2.24, 2.45) is 5.41 Å². The van der Waals surface area contributed by atoms with E-state index in [0.29, 0.717) is 12.8 Å². The molecule has 1 aliphatic carbocycles. The topological polar surface area (TPSA) is 80.9 Å². The first-order valence-corrected chi connectivity index (χ1v) is 2.82. The predicted molar refractivity (Wildman–Crippen MR) is 28.1 cm³/mol. The SMILES string of the molecule is OC(O)C1(C(O)O)CC1. The molecular weight excluding hydrogens is 124 g/mol. The van der Waals surface area contributed by atoms with E-state index in [-0.39, 0.29) is 0 Å². The van der Waals surface area contributed by atoms with Crippen LogP contribution in [0.3, 0.4) is 0 Å². The van der Waals surface area contributed by atoms with Crippen LogP contribution < -0.4 is 0 Å². The monoisotopic (exact) mass is 134 g/mol.